The molecule has 2 heteroatoms. The molecular weight excluding hydrogens is 124 g/mol. The second-order valence-corrected chi connectivity index (χ2v) is 2.21. The Bertz CT molecular complexity index is 235. The third-order valence-corrected chi connectivity index (χ3v) is 1.66. The highest BCUT2D eigenvalue weighted by Gasteiger charge is 1.98. The molecule has 0 aliphatic rings. The lowest BCUT2D eigenvalue weighted by Gasteiger charge is -1.97. The second kappa shape index (κ2) is 2.69. The molecule has 0 atom stereocenters. The molecule has 2 nitrogen and oxygen atoms in total. The molecule has 0 fully saturated rings. The monoisotopic (exact) mass is 136 g/mol. The van der Waals surface area contributed by atoms with Gasteiger partial charge in [0, 0.05) is 17.8 Å². The van der Waals surface area contributed by atoms with Gasteiger partial charge in [-0.25, -0.2) is 0 Å². The van der Waals surface area contributed by atoms with E-state index in [0.717, 1.165) is 12.1 Å². The molecule has 1 rings (SSSR count). The average molecular weight is 136 g/mol. The minimum absolute atomic E-state index is 0.930. The van der Waals surface area contributed by atoms with E-state index in [1.165, 1.54) is 5.69 Å². The average Bonchev–Trinajstić information content (AvgIpc) is 2.30. The predicted octanol–water partition coefficient (Wildman–Crippen LogP) is 1.85. The van der Waals surface area contributed by atoms with Crippen LogP contribution in [0.5, 0.6) is 0 Å². The van der Waals surface area contributed by atoms with Crippen molar-refractivity contribution >= 4 is 6.08 Å². The standard InChI is InChI=1S/C8H12N2/c1-4-8-6-9-10(5-2)7(8)3/h4,6H,1,5H2,2-3H3. The first-order valence-corrected chi connectivity index (χ1v) is 3.44. The van der Waals surface area contributed by atoms with Crippen molar-refractivity contribution in [2.75, 3.05) is 0 Å². The van der Waals surface area contributed by atoms with Crippen molar-refractivity contribution in [1.82, 2.24) is 9.78 Å². The molecule has 0 saturated carbocycles. The van der Waals surface area contributed by atoms with Crippen molar-refractivity contribution < 1.29 is 0 Å². The molecule has 0 aliphatic carbocycles. The topological polar surface area (TPSA) is 17.8 Å². The molecule has 0 saturated heterocycles. The zero-order valence-corrected chi connectivity index (χ0v) is 6.46. The van der Waals surface area contributed by atoms with Crippen molar-refractivity contribution in [3.8, 4) is 0 Å². The largest absolute Gasteiger partial charge is 0.270 e. The van der Waals surface area contributed by atoms with Gasteiger partial charge in [0.25, 0.3) is 0 Å². The Labute approximate surface area is 61.2 Å². The molecule has 0 aliphatic heterocycles. The van der Waals surface area contributed by atoms with Crippen LogP contribution in [0.25, 0.3) is 6.08 Å². The summed E-state index contributed by atoms with van der Waals surface area (Å²) >= 11 is 0. The van der Waals surface area contributed by atoms with Crippen molar-refractivity contribution in [3.05, 3.63) is 24.0 Å². The lowest BCUT2D eigenvalue weighted by molar-refractivity contribution is 0.639. The van der Waals surface area contributed by atoms with Crippen molar-refractivity contribution in [1.29, 1.82) is 0 Å². The highest BCUT2D eigenvalue weighted by molar-refractivity contribution is 5.47. The third-order valence-electron chi connectivity index (χ3n) is 1.66. The Balaban J connectivity index is 3.08. The van der Waals surface area contributed by atoms with E-state index in [1.807, 2.05) is 23.9 Å². The van der Waals surface area contributed by atoms with Gasteiger partial charge in [-0.2, -0.15) is 5.10 Å². The fraction of sp³-hybridized carbons (Fsp3) is 0.375. The van der Waals surface area contributed by atoms with Crippen LogP contribution in [0.3, 0.4) is 0 Å². The minimum atomic E-state index is 0.930. The van der Waals surface area contributed by atoms with Gasteiger partial charge in [0.1, 0.15) is 0 Å². The van der Waals surface area contributed by atoms with E-state index in [-0.39, 0.29) is 0 Å². The van der Waals surface area contributed by atoms with Crippen LogP contribution in [0.1, 0.15) is 18.2 Å². The van der Waals surface area contributed by atoms with Gasteiger partial charge >= 0.3 is 0 Å². The first-order valence-electron chi connectivity index (χ1n) is 3.44. The van der Waals surface area contributed by atoms with Crippen LogP contribution in [-0.2, 0) is 6.54 Å². The first kappa shape index (κ1) is 7.06. The second-order valence-electron chi connectivity index (χ2n) is 2.21. The highest BCUT2D eigenvalue weighted by Crippen LogP contribution is 2.06. The van der Waals surface area contributed by atoms with Crippen LogP contribution < -0.4 is 0 Å². The molecular formula is C8H12N2. The summed E-state index contributed by atoms with van der Waals surface area (Å²) in [4.78, 5) is 0. The Morgan fingerprint density at radius 2 is 2.50 bits per heavy atom. The van der Waals surface area contributed by atoms with Gasteiger partial charge in [-0.3, -0.25) is 4.68 Å². The Hall–Kier alpha value is -1.05. The molecule has 1 aromatic rings. The van der Waals surface area contributed by atoms with E-state index in [2.05, 4.69) is 18.6 Å². The van der Waals surface area contributed by atoms with Crippen molar-refractivity contribution in [3.63, 3.8) is 0 Å². The maximum Gasteiger partial charge on any atom is 0.0564 e. The maximum atomic E-state index is 4.15. The molecule has 0 bridgehead atoms. The number of rotatable bonds is 2. The van der Waals surface area contributed by atoms with Crippen LogP contribution in [0.4, 0.5) is 0 Å². The molecule has 10 heavy (non-hydrogen) atoms. The fourth-order valence-corrected chi connectivity index (χ4v) is 0.980. The summed E-state index contributed by atoms with van der Waals surface area (Å²) in [6, 6.07) is 0. The van der Waals surface area contributed by atoms with Crippen LogP contribution >= 0.6 is 0 Å². The van der Waals surface area contributed by atoms with Gasteiger partial charge in [-0.15, -0.1) is 0 Å². The molecule has 0 spiro atoms. The van der Waals surface area contributed by atoms with Gasteiger partial charge in [-0.05, 0) is 13.8 Å². The van der Waals surface area contributed by atoms with Crippen molar-refractivity contribution in [2.24, 2.45) is 0 Å². The van der Waals surface area contributed by atoms with E-state index in [9.17, 15) is 0 Å². The molecule has 1 aromatic heterocycles. The maximum absolute atomic E-state index is 4.15. The third kappa shape index (κ3) is 0.967. The number of hydrogen-bond donors (Lipinski definition) is 0. The quantitative estimate of drug-likeness (QED) is 0.606. The number of aromatic nitrogens is 2. The summed E-state index contributed by atoms with van der Waals surface area (Å²) in [6.07, 6.45) is 3.67. The summed E-state index contributed by atoms with van der Waals surface area (Å²) < 4.78 is 1.96. The molecule has 1 heterocycles. The zero-order valence-electron chi connectivity index (χ0n) is 6.46. The summed E-state index contributed by atoms with van der Waals surface area (Å²) in [6.45, 7) is 8.74. The molecule has 0 unspecified atom stereocenters. The number of aryl methyl sites for hydroxylation is 1. The SMILES string of the molecule is C=Cc1cnn(CC)c1C. The summed E-state index contributed by atoms with van der Waals surface area (Å²) in [5, 5.41) is 4.15. The van der Waals surface area contributed by atoms with Gasteiger partial charge in [0.05, 0.1) is 6.20 Å². The van der Waals surface area contributed by atoms with E-state index >= 15 is 0 Å². The van der Waals surface area contributed by atoms with Crippen LogP contribution in [0, 0.1) is 6.92 Å². The summed E-state index contributed by atoms with van der Waals surface area (Å²) in [7, 11) is 0. The Kier molecular flexibility index (Phi) is 1.90. The summed E-state index contributed by atoms with van der Waals surface area (Å²) in [5.74, 6) is 0. The van der Waals surface area contributed by atoms with Crippen LogP contribution in [0.2, 0.25) is 0 Å². The van der Waals surface area contributed by atoms with E-state index in [0.29, 0.717) is 0 Å². The van der Waals surface area contributed by atoms with Gasteiger partial charge in [-0.1, -0.05) is 12.7 Å². The number of nitrogens with zero attached hydrogens (tertiary/aromatic N) is 2. The fourth-order valence-electron chi connectivity index (χ4n) is 0.980. The highest BCUT2D eigenvalue weighted by atomic mass is 15.3. The predicted molar refractivity (Wildman–Crippen MR) is 42.7 cm³/mol. The molecule has 54 valence electrons. The zero-order chi connectivity index (χ0) is 7.56. The van der Waals surface area contributed by atoms with Gasteiger partial charge < -0.3 is 0 Å². The minimum Gasteiger partial charge on any atom is -0.270 e. The first-order chi connectivity index (χ1) is 4.79. The number of hydrogen-bond acceptors (Lipinski definition) is 1. The van der Waals surface area contributed by atoms with E-state index in [1.54, 1.807) is 0 Å². The lowest BCUT2D eigenvalue weighted by Crippen LogP contribution is -1.98. The lowest BCUT2D eigenvalue weighted by atomic mass is 10.3. The molecule has 0 amide bonds. The smallest absolute Gasteiger partial charge is 0.0564 e. The summed E-state index contributed by atoms with van der Waals surface area (Å²) in [5.41, 5.74) is 2.32. The molecule has 0 N–H and O–H groups in total. The van der Waals surface area contributed by atoms with Gasteiger partial charge in [0.15, 0.2) is 0 Å². The van der Waals surface area contributed by atoms with Gasteiger partial charge in [0.2, 0.25) is 0 Å². The normalized spacial score (nSPS) is 9.80. The molecule has 0 radical (unpaired) electrons. The van der Waals surface area contributed by atoms with E-state index < -0.39 is 0 Å². The van der Waals surface area contributed by atoms with Crippen LogP contribution in [0.15, 0.2) is 12.8 Å². The molecule has 0 aromatic carbocycles. The van der Waals surface area contributed by atoms with Crippen LogP contribution in [-0.4, -0.2) is 9.78 Å². The van der Waals surface area contributed by atoms with Crippen molar-refractivity contribution in [2.45, 2.75) is 20.4 Å². The Morgan fingerprint density at radius 1 is 1.80 bits per heavy atom. The van der Waals surface area contributed by atoms with E-state index in [4.69, 9.17) is 0 Å². The Morgan fingerprint density at radius 3 is 2.80 bits per heavy atom.